The molecule has 74 valence electrons. The number of esters is 1. The Balaban J connectivity index is 2.56. The summed E-state index contributed by atoms with van der Waals surface area (Å²) in [5.41, 5.74) is -0.746. The number of alkyl carbamates (subject to hydrolysis) is 1. The van der Waals surface area contributed by atoms with Gasteiger partial charge in [-0.05, 0) is 13.8 Å². The second-order valence-corrected chi connectivity index (χ2v) is 3.21. The summed E-state index contributed by atoms with van der Waals surface area (Å²) in [6, 6.07) is 0. The van der Waals surface area contributed by atoms with Crippen molar-refractivity contribution in [1.82, 2.24) is 5.32 Å². The second kappa shape index (κ2) is 3.64. The van der Waals surface area contributed by atoms with Crippen LogP contribution in [0, 0.1) is 5.41 Å². The maximum Gasteiger partial charge on any atom is 0.407 e. The van der Waals surface area contributed by atoms with Gasteiger partial charge in [-0.2, -0.15) is 0 Å². The number of nitrogens with one attached hydrogen (secondary N) is 1. The van der Waals surface area contributed by atoms with Gasteiger partial charge in [-0.15, -0.1) is 0 Å². The SMILES string of the molecule is CCOC(=O)C1(C)CNC(=O)OC1. The van der Waals surface area contributed by atoms with Crippen molar-refractivity contribution in [2.45, 2.75) is 13.8 Å². The fourth-order valence-corrected chi connectivity index (χ4v) is 1.03. The molecule has 0 aromatic heterocycles. The fraction of sp³-hybridized carbons (Fsp3) is 0.750. The van der Waals surface area contributed by atoms with Crippen LogP contribution in [0.5, 0.6) is 0 Å². The van der Waals surface area contributed by atoms with Crippen LogP contribution in [0.1, 0.15) is 13.8 Å². The molecule has 0 aliphatic carbocycles. The van der Waals surface area contributed by atoms with Gasteiger partial charge in [0.25, 0.3) is 0 Å². The summed E-state index contributed by atoms with van der Waals surface area (Å²) in [5, 5.41) is 2.45. The molecule has 1 N–H and O–H groups in total. The molecule has 1 heterocycles. The van der Waals surface area contributed by atoms with E-state index in [1.807, 2.05) is 0 Å². The van der Waals surface area contributed by atoms with E-state index < -0.39 is 11.5 Å². The largest absolute Gasteiger partial charge is 0.465 e. The Kier molecular flexibility index (Phi) is 2.75. The second-order valence-electron chi connectivity index (χ2n) is 3.21. The summed E-state index contributed by atoms with van der Waals surface area (Å²) in [6.07, 6.45) is -0.484. The third kappa shape index (κ3) is 2.11. The van der Waals surface area contributed by atoms with Gasteiger partial charge in [0.15, 0.2) is 0 Å². The molecular formula is C8H13NO4. The molecule has 0 aromatic carbocycles. The normalized spacial score (nSPS) is 27.4. The van der Waals surface area contributed by atoms with E-state index in [1.54, 1.807) is 13.8 Å². The Labute approximate surface area is 76.4 Å². The molecule has 1 saturated heterocycles. The summed E-state index contributed by atoms with van der Waals surface area (Å²) in [5.74, 6) is -0.338. The maximum atomic E-state index is 11.4. The number of ether oxygens (including phenoxy) is 2. The molecule has 13 heavy (non-hydrogen) atoms. The number of rotatable bonds is 2. The molecule has 0 aromatic rings. The van der Waals surface area contributed by atoms with Crippen molar-refractivity contribution in [3.05, 3.63) is 0 Å². The first-order chi connectivity index (χ1) is 6.08. The van der Waals surface area contributed by atoms with Crippen LogP contribution in [-0.4, -0.2) is 31.8 Å². The molecular weight excluding hydrogens is 174 g/mol. The minimum Gasteiger partial charge on any atom is -0.465 e. The van der Waals surface area contributed by atoms with E-state index in [9.17, 15) is 9.59 Å². The lowest BCUT2D eigenvalue weighted by Crippen LogP contribution is -2.50. The summed E-state index contributed by atoms with van der Waals surface area (Å²) >= 11 is 0. The first-order valence-electron chi connectivity index (χ1n) is 4.16. The number of amides is 1. The van der Waals surface area contributed by atoms with Crippen LogP contribution in [0.25, 0.3) is 0 Å². The molecule has 0 bridgehead atoms. The summed E-state index contributed by atoms with van der Waals surface area (Å²) in [6.45, 7) is 4.12. The predicted molar refractivity (Wildman–Crippen MR) is 44.1 cm³/mol. The van der Waals surface area contributed by atoms with Gasteiger partial charge in [-0.25, -0.2) is 4.79 Å². The minimum absolute atomic E-state index is 0.0810. The summed E-state index contributed by atoms with van der Waals surface area (Å²) in [7, 11) is 0. The molecule has 1 aliphatic heterocycles. The molecule has 1 unspecified atom stereocenters. The number of carbonyl (C=O) groups is 2. The zero-order chi connectivity index (χ0) is 9.90. The van der Waals surface area contributed by atoms with Crippen LogP contribution in [0.3, 0.4) is 0 Å². The van der Waals surface area contributed by atoms with Gasteiger partial charge < -0.3 is 14.8 Å². The zero-order valence-electron chi connectivity index (χ0n) is 7.75. The van der Waals surface area contributed by atoms with Crippen molar-refractivity contribution >= 4 is 12.1 Å². The lowest BCUT2D eigenvalue weighted by atomic mass is 9.91. The third-order valence-electron chi connectivity index (χ3n) is 1.91. The topological polar surface area (TPSA) is 64.6 Å². The highest BCUT2D eigenvalue weighted by Crippen LogP contribution is 2.20. The average Bonchev–Trinajstić information content (AvgIpc) is 2.11. The monoisotopic (exact) mass is 187 g/mol. The first-order valence-corrected chi connectivity index (χ1v) is 4.16. The van der Waals surface area contributed by atoms with Gasteiger partial charge >= 0.3 is 12.1 Å². The molecule has 0 spiro atoms. The third-order valence-corrected chi connectivity index (χ3v) is 1.91. The predicted octanol–water partition coefficient (Wildman–Crippen LogP) is 0.296. The van der Waals surface area contributed by atoms with E-state index in [-0.39, 0.29) is 19.1 Å². The Hall–Kier alpha value is -1.26. The van der Waals surface area contributed by atoms with E-state index >= 15 is 0 Å². The van der Waals surface area contributed by atoms with Crippen molar-refractivity contribution in [2.24, 2.45) is 5.41 Å². The standard InChI is InChI=1S/C8H13NO4/c1-3-12-6(10)8(2)4-9-7(11)13-5-8/h3-5H2,1-2H3,(H,9,11). The molecule has 5 heteroatoms. The number of hydrogen-bond donors (Lipinski definition) is 1. The van der Waals surface area contributed by atoms with Gasteiger partial charge in [0.1, 0.15) is 12.0 Å². The van der Waals surface area contributed by atoms with E-state index in [2.05, 4.69) is 5.32 Å². The average molecular weight is 187 g/mol. The van der Waals surface area contributed by atoms with Gasteiger partial charge in [0.05, 0.1) is 6.61 Å². The number of carbonyl (C=O) groups excluding carboxylic acids is 2. The van der Waals surface area contributed by atoms with Crippen LogP contribution in [0.2, 0.25) is 0 Å². The quantitative estimate of drug-likeness (QED) is 0.631. The molecule has 1 amide bonds. The highest BCUT2D eigenvalue weighted by atomic mass is 16.6. The Morgan fingerprint density at radius 1 is 1.77 bits per heavy atom. The van der Waals surface area contributed by atoms with Crippen molar-refractivity contribution in [3.8, 4) is 0 Å². The van der Waals surface area contributed by atoms with E-state index in [4.69, 9.17) is 9.47 Å². The number of cyclic esters (lactones) is 1. The van der Waals surface area contributed by atoms with Crippen molar-refractivity contribution in [1.29, 1.82) is 0 Å². The Morgan fingerprint density at radius 2 is 2.46 bits per heavy atom. The Bertz CT molecular complexity index is 216. The van der Waals surface area contributed by atoms with Gasteiger partial charge in [0, 0.05) is 6.54 Å². The van der Waals surface area contributed by atoms with Crippen LogP contribution in [0.4, 0.5) is 4.79 Å². The van der Waals surface area contributed by atoms with Gasteiger partial charge in [-0.3, -0.25) is 4.79 Å². The van der Waals surface area contributed by atoms with Crippen LogP contribution < -0.4 is 5.32 Å². The summed E-state index contributed by atoms with van der Waals surface area (Å²) < 4.78 is 9.56. The molecule has 1 fully saturated rings. The van der Waals surface area contributed by atoms with Crippen molar-refractivity contribution < 1.29 is 19.1 Å². The smallest absolute Gasteiger partial charge is 0.407 e. The molecule has 1 atom stereocenters. The highest BCUT2D eigenvalue weighted by molar-refractivity contribution is 5.79. The maximum absolute atomic E-state index is 11.4. The van der Waals surface area contributed by atoms with E-state index in [0.717, 1.165) is 0 Å². The van der Waals surface area contributed by atoms with Crippen molar-refractivity contribution in [2.75, 3.05) is 19.8 Å². The molecule has 1 rings (SSSR count). The molecule has 1 aliphatic rings. The lowest BCUT2D eigenvalue weighted by molar-refractivity contribution is -0.157. The highest BCUT2D eigenvalue weighted by Gasteiger charge is 2.39. The van der Waals surface area contributed by atoms with Crippen LogP contribution in [0.15, 0.2) is 0 Å². The molecule has 5 nitrogen and oxygen atoms in total. The fourth-order valence-electron chi connectivity index (χ4n) is 1.03. The lowest BCUT2D eigenvalue weighted by Gasteiger charge is -2.30. The van der Waals surface area contributed by atoms with Gasteiger partial charge in [0.2, 0.25) is 0 Å². The zero-order valence-corrected chi connectivity index (χ0v) is 7.75. The van der Waals surface area contributed by atoms with Crippen LogP contribution >= 0.6 is 0 Å². The number of hydrogen-bond acceptors (Lipinski definition) is 4. The first kappa shape index (κ1) is 9.83. The minimum atomic E-state index is -0.746. The van der Waals surface area contributed by atoms with E-state index in [1.165, 1.54) is 0 Å². The molecule has 0 saturated carbocycles. The molecule has 0 radical (unpaired) electrons. The Morgan fingerprint density at radius 3 is 2.92 bits per heavy atom. The summed E-state index contributed by atoms with van der Waals surface area (Å²) in [4.78, 5) is 22.0. The van der Waals surface area contributed by atoms with Crippen LogP contribution in [-0.2, 0) is 14.3 Å². The van der Waals surface area contributed by atoms with Gasteiger partial charge in [-0.1, -0.05) is 0 Å². The van der Waals surface area contributed by atoms with Crippen molar-refractivity contribution in [3.63, 3.8) is 0 Å². The van der Waals surface area contributed by atoms with E-state index in [0.29, 0.717) is 6.61 Å².